The first-order valence-electron chi connectivity index (χ1n) is 6.37. The molecule has 1 aromatic carbocycles. The summed E-state index contributed by atoms with van der Waals surface area (Å²) in [6.45, 7) is 0. The van der Waals surface area contributed by atoms with Crippen molar-refractivity contribution >= 4 is 79.8 Å². The Hall–Kier alpha value is -1.54. The highest BCUT2D eigenvalue weighted by Crippen LogP contribution is 2.28. The van der Waals surface area contributed by atoms with Gasteiger partial charge in [0.25, 0.3) is 11.8 Å². The van der Waals surface area contributed by atoms with Crippen LogP contribution in [0.4, 0.5) is 5.69 Å². The van der Waals surface area contributed by atoms with E-state index in [0.717, 1.165) is 9.35 Å². The van der Waals surface area contributed by atoms with Gasteiger partial charge in [0, 0.05) is 14.4 Å². The number of hydrogen-bond acceptors (Lipinski definition) is 4. The molecular weight excluding hydrogens is 420 g/mol. The largest absolute Gasteiger partial charge is 0.298 e. The highest BCUT2D eigenvalue weighted by molar-refractivity contribution is 9.10. The molecule has 3 rings (SSSR count). The molecular formula is C15H8BrClN2O2S2. The van der Waals surface area contributed by atoms with Gasteiger partial charge in [0.2, 0.25) is 0 Å². The van der Waals surface area contributed by atoms with Crippen molar-refractivity contribution in [3.63, 3.8) is 0 Å². The van der Waals surface area contributed by atoms with E-state index in [0.29, 0.717) is 10.7 Å². The number of nitrogens with one attached hydrogen (secondary N) is 1. The monoisotopic (exact) mass is 426 g/mol. The van der Waals surface area contributed by atoms with E-state index in [9.17, 15) is 9.59 Å². The molecule has 0 radical (unpaired) electrons. The van der Waals surface area contributed by atoms with Crippen molar-refractivity contribution in [3.05, 3.63) is 55.7 Å². The average molecular weight is 428 g/mol. The van der Waals surface area contributed by atoms with Crippen LogP contribution in [0, 0.1) is 0 Å². The van der Waals surface area contributed by atoms with E-state index in [1.165, 1.54) is 16.2 Å². The Kier molecular flexibility index (Phi) is 4.63. The zero-order valence-corrected chi connectivity index (χ0v) is 15.4. The number of anilines is 1. The van der Waals surface area contributed by atoms with Gasteiger partial charge in [-0.2, -0.15) is 0 Å². The van der Waals surface area contributed by atoms with E-state index in [4.69, 9.17) is 23.8 Å². The van der Waals surface area contributed by atoms with Gasteiger partial charge in [-0.3, -0.25) is 19.8 Å². The number of thiocarbonyl (C=S) groups is 1. The fraction of sp³-hybridized carbons (Fsp3) is 0. The Balaban J connectivity index is 2.02. The van der Waals surface area contributed by atoms with E-state index in [1.54, 1.807) is 30.3 Å². The van der Waals surface area contributed by atoms with Gasteiger partial charge in [-0.1, -0.05) is 11.6 Å². The molecule has 0 aliphatic carbocycles. The molecule has 0 atom stereocenters. The van der Waals surface area contributed by atoms with E-state index >= 15 is 0 Å². The van der Waals surface area contributed by atoms with E-state index < -0.39 is 11.8 Å². The lowest BCUT2D eigenvalue weighted by Gasteiger charge is -2.28. The third-order valence-electron chi connectivity index (χ3n) is 3.11. The van der Waals surface area contributed by atoms with Crippen LogP contribution in [0.15, 0.2) is 45.8 Å². The second kappa shape index (κ2) is 6.52. The maximum absolute atomic E-state index is 12.7. The number of benzene rings is 1. The topological polar surface area (TPSA) is 49.4 Å². The lowest BCUT2D eigenvalue weighted by Crippen LogP contribution is -2.54. The van der Waals surface area contributed by atoms with Crippen LogP contribution in [0.5, 0.6) is 0 Å². The van der Waals surface area contributed by atoms with Crippen molar-refractivity contribution in [2.75, 3.05) is 4.90 Å². The molecule has 0 bridgehead atoms. The number of amides is 2. The van der Waals surface area contributed by atoms with Crippen molar-refractivity contribution < 1.29 is 9.59 Å². The van der Waals surface area contributed by atoms with Gasteiger partial charge in [0.1, 0.15) is 5.57 Å². The molecule has 0 unspecified atom stereocenters. The summed E-state index contributed by atoms with van der Waals surface area (Å²) in [7, 11) is 0. The number of nitrogens with zero attached hydrogens (tertiary/aromatic N) is 1. The molecule has 0 saturated carbocycles. The minimum atomic E-state index is -0.509. The molecule has 23 heavy (non-hydrogen) atoms. The molecule has 0 spiro atoms. The Morgan fingerprint density at radius 2 is 1.91 bits per heavy atom. The molecule has 1 aromatic heterocycles. The molecule has 1 saturated heterocycles. The highest BCUT2D eigenvalue weighted by Gasteiger charge is 2.34. The predicted molar refractivity (Wildman–Crippen MR) is 99.7 cm³/mol. The molecule has 1 fully saturated rings. The number of halogens is 2. The summed E-state index contributed by atoms with van der Waals surface area (Å²) in [5, 5.41) is 5.00. The molecule has 116 valence electrons. The molecule has 1 N–H and O–H groups in total. The number of carbonyl (C=O) groups is 2. The minimum Gasteiger partial charge on any atom is -0.298 e. The zero-order chi connectivity index (χ0) is 16.6. The number of carbonyl (C=O) groups excluding carboxylic acids is 2. The fourth-order valence-corrected chi connectivity index (χ4v) is 3.85. The molecule has 4 nitrogen and oxygen atoms in total. The Bertz CT molecular complexity index is 845. The Morgan fingerprint density at radius 3 is 2.52 bits per heavy atom. The van der Waals surface area contributed by atoms with Gasteiger partial charge in [-0.25, -0.2) is 0 Å². The first-order valence-corrected chi connectivity index (χ1v) is 8.83. The lowest BCUT2D eigenvalue weighted by molar-refractivity contribution is -0.122. The zero-order valence-electron chi connectivity index (χ0n) is 11.4. The van der Waals surface area contributed by atoms with Crippen LogP contribution in [0.2, 0.25) is 5.02 Å². The van der Waals surface area contributed by atoms with Crippen LogP contribution in [0.1, 0.15) is 4.88 Å². The van der Waals surface area contributed by atoms with Crippen LogP contribution in [-0.2, 0) is 9.59 Å². The number of hydrogen-bond donors (Lipinski definition) is 1. The summed E-state index contributed by atoms with van der Waals surface area (Å²) in [5.74, 6) is -0.980. The lowest BCUT2D eigenvalue weighted by atomic mass is 10.1. The standard InChI is InChI=1S/C15H8BrClN2O2S2/c16-11-5-6-23-12(11)7-10-13(20)18-15(22)19(14(10)21)9-3-1-8(17)2-4-9/h1-7H,(H,18,20,22). The van der Waals surface area contributed by atoms with Crippen LogP contribution in [-0.4, -0.2) is 16.9 Å². The quantitative estimate of drug-likeness (QED) is 0.448. The van der Waals surface area contributed by atoms with Crippen LogP contribution >= 0.6 is 51.1 Å². The molecule has 2 heterocycles. The van der Waals surface area contributed by atoms with E-state index in [1.807, 2.05) is 11.4 Å². The maximum atomic E-state index is 12.7. The predicted octanol–water partition coefficient (Wildman–Crippen LogP) is 4.00. The number of rotatable bonds is 2. The second-order valence-electron chi connectivity index (χ2n) is 4.57. The fourth-order valence-electron chi connectivity index (χ4n) is 2.02. The second-order valence-corrected chi connectivity index (χ2v) is 7.19. The normalized spacial score (nSPS) is 16.9. The Labute approximate surface area is 154 Å². The van der Waals surface area contributed by atoms with Crippen LogP contribution in [0.25, 0.3) is 6.08 Å². The molecule has 1 aliphatic rings. The summed E-state index contributed by atoms with van der Waals surface area (Å²) in [6, 6.07) is 8.50. The van der Waals surface area contributed by atoms with Crippen molar-refractivity contribution in [2.45, 2.75) is 0 Å². The first kappa shape index (κ1) is 16.3. The summed E-state index contributed by atoms with van der Waals surface area (Å²) >= 11 is 15.8. The summed E-state index contributed by atoms with van der Waals surface area (Å²) in [4.78, 5) is 26.9. The highest BCUT2D eigenvalue weighted by atomic mass is 79.9. The van der Waals surface area contributed by atoms with E-state index in [-0.39, 0.29) is 10.7 Å². The SMILES string of the molecule is O=C1NC(=S)N(c2ccc(Cl)cc2)C(=O)C1=Cc1sccc1Br. The third-order valence-corrected chi connectivity index (χ3v) is 5.46. The summed E-state index contributed by atoms with van der Waals surface area (Å²) in [6.07, 6.45) is 1.55. The number of thiophene rings is 1. The van der Waals surface area contributed by atoms with Crippen molar-refractivity contribution in [1.82, 2.24) is 5.32 Å². The van der Waals surface area contributed by atoms with Gasteiger partial charge >= 0.3 is 0 Å². The van der Waals surface area contributed by atoms with Crippen molar-refractivity contribution in [1.29, 1.82) is 0 Å². The van der Waals surface area contributed by atoms with Crippen molar-refractivity contribution in [3.8, 4) is 0 Å². The van der Waals surface area contributed by atoms with Crippen LogP contribution in [0.3, 0.4) is 0 Å². The molecule has 1 aliphatic heterocycles. The van der Waals surface area contributed by atoms with E-state index in [2.05, 4.69) is 21.2 Å². The van der Waals surface area contributed by atoms with Crippen LogP contribution < -0.4 is 10.2 Å². The van der Waals surface area contributed by atoms with Gasteiger partial charge in [-0.15, -0.1) is 11.3 Å². The van der Waals surface area contributed by atoms with Gasteiger partial charge in [-0.05, 0) is 69.9 Å². The average Bonchev–Trinajstić information content (AvgIpc) is 2.90. The molecule has 2 aromatic rings. The molecule has 8 heteroatoms. The van der Waals surface area contributed by atoms with Crippen molar-refractivity contribution in [2.24, 2.45) is 0 Å². The molecule has 2 amide bonds. The smallest absolute Gasteiger partial charge is 0.270 e. The third kappa shape index (κ3) is 3.23. The maximum Gasteiger partial charge on any atom is 0.270 e. The first-order chi connectivity index (χ1) is 11.0. The summed E-state index contributed by atoms with van der Waals surface area (Å²) < 4.78 is 0.821. The van der Waals surface area contributed by atoms with Gasteiger partial charge in [0.05, 0.1) is 5.69 Å². The summed E-state index contributed by atoms with van der Waals surface area (Å²) in [5.41, 5.74) is 0.567. The van der Waals surface area contributed by atoms with Gasteiger partial charge in [0.15, 0.2) is 5.11 Å². The Morgan fingerprint density at radius 1 is 1.22 bits per heavy atom. The van der Waals surface area contributed by atoms with Gasteiger partial charge < -0.3 is 0 Å². The minimum absolute atomic E-state index is 0.0247.